The highest BCUT2D eigenvalue weighted by Gasteiger charge is 2.36. The standard InChI is InChI=1S/C8H7F3INO2.C8H8F3NO2.C6H4F3NO/c1-14-4-15-5-2-3-13-7(6(5)12)8(9,10)11;1-13-5-14-6-2-3-12-7(4-6)8(9,10)11;7-6(8,9)5-3-4(11)1-2-10-5/h2-3H,4H2,1H3;2-4H,5H2,1H3;1-3H,(H,10,11). The summed E-state index contributed by atoms with van der Waals surface area (Å²) < 4.78 is 128. The SMILES string of the molecule is COCOc1ccnc(C(F)(F)F)c1.COCOc1ccnc(C(F)(F)F)c1I.O=c1cc[nH]c(C(F)(F)F)c1. The zero-order valence-corrected chi connectivity index (χ0v) is 22.4. The van der Waals surface area contributed by atoms with Crippen molar-refractivity contribution in [1.29, 1.82) is 0 Å². The van der Waals surface area contributed by atoms with E-state index in [0.717, 1.165) is 30.7 Å². The summed E-state index contributed by atoms with van der Waals surface area (Å²) in [6.07, 6.45) is -10.3. The van der Waals surface area contributed by atoms with Gasteiger partial charge in [0.25, 0.3) is 0 Å². The fourth-order valence-electron chi connectivity index (χ4n) is 2.25. The normalized spacial score (nSPS) is 11.5. The summed E-state index contributed by atoms with van der Waals surface area (Å²) in [7, 11) is 2.77. The van der Waals surface area contributed by atoms with Crippen LogP contribution < -0.4 is 14.9 Å². The molecular formula is C22H19F9IN3O5. The molecule has 8 nitrogen and oxygen atoms in total. The van der Waals surface area contributed by atoms with Gasteiger partial charge in [0, 0.05) is 51.0 Å². The van der Waals surface area contributed by atoms with Gasteiger partial charge in [0.15, 0.2) is 24.7 Å². The van der Waals surface area contributed by atoms with Crippen LogP contribution in [0.2, 0.25) is 0 Å². The van der Waals surface area contributed by atoms with Crippen LogP contribution in [0.3, 0.4) is 0 Å². The third-order valence-electron chi connectivity index (χ3n) is 3.90. The first kappa shape index (κ1) is 34.9. The van der Waals surface area contributed by atoms with Crippen molar-refractivity contribution < 1.29 is 58.5 Å². The highest BCUT2D eigenvalue weighted by Crippen LogP contribution is 2.35. The molecule has 3 aromatic heterocycles. The molecule has 1 N–H and O–H groups in total. The number of alkyl halides is 9. The Balaban J connectivity index is 0.000000304. The van der Waals surface area contributed by atoms with E-state index in [-0.39, 0.29) is 28.7 Å². The molecule has 0 saturated carbocycles. The van der Waals surface area contributed by atoms with E-state index in [0.29, 0.717) is 6.07 Å². The van der Waals surface area contributed by atoms with Gasteiger partial charge >= 0.3 is 18.5 Å². The Hall–Kier alpha value is -3.13. The van der Waals surface area contributed by atoms with E-state index < -0.39 is 41.0 Å². The number of ether oxygens (including phenoxy) is 4. The van der Waals surface area contributed by atoms with Gasteiger partial charge in [-0.1, -0.05) is 0 Å². The second kappa shape index (κ2) is 15.6. The molecule has 40 heavy (non-hydrogen) atoms. The zero-order valence-electron chi connectivity index (χ0n) is 20.2. The monoisotopic (exact) mass is 703 g/mol. The van der Waals surface area contributed by atoms with Crippen molar-refractivity contribution in [3.63, 3.8) is 0 Å². The predicted molar refractivity (Wildman–Crippen MR) is 128 cm³/mol. The number of hydrogen-bond acceptors (Lipinski definition) is 7. The fraction of sp³-hybridized carbons (Fsp3) is 0.318. The number of aromatic nitrogens is 3. The van der Waals surface area contributed by atoms with Crippen molar-refractivity contribution in [2.45, 2.75) is 18.5 Å². The molecule has 0 bridgehead atoms. The molecule has 0 saturated heterocycles. The number of halogens is 10. The highest BCUT2D eigenvalue weighted by atomic mass is 127. The number of pyridine rings is 3. The van der Waals surface area contributed by atoms with Crippen molar-refractivity contribution in [2.75, 3.05) is 27.8 Å². The third kappa shape index (κ3) is 12.4. The van der Waals surface area contributed by atoms with Crippen LogP contribution in [0.15, 0.2) is 53.7 Å². The minimum atomic E-state index is -4.47. The largest absolute Gasteiger partial charge is 0.467 e. The lowest BCUT2D eigenvalue weighted by molar-refractivity contribution is -0.142. The Bertz CT molecular complexity index is 1250. The molecule has 3 aromatic rings. The molecule has 222 valence electrons. The van der Waals surface area contributed by atoms with Crippen molar-refractivity contribution in [3.8, 4) is 11.5 Å². The Kier molecular flexibility index (Phi) is 13.6. The Morgan fingerprint density at radius 2 is 1.40 bits per heavy atom. The van der Waals surface area contributed by atoms with E-state index in [1.54, 1.807) is 22.6 Å². The van der Waals surface area contributed by atoms with Gasteiger partial charge in [-0.15, -0.1) is 0 Å². The van der Waals surface area contributed by atoms with Crippen LogP contribution in [0.1, 0.15) is 17.1 Å². The summed E-state index contributed by atoms with van der Waals surface area (Å²) >= 11 is 1.54. The Morgan fingerprint density at radius 3 is 1.90 bits per heavy atom. The zero-order chi connectivity index (χ0) is 30.6. The summed E-state index contributed by atoms with van der Waals surface area (Å²) in [5.41, 5.74) is -3.61. The van der Waals surface area contributed by atoms with Gasteiger partial charge in [-0.3, -0.25) is 14.8 Å². The summed E-state index contributed by atoms with van der Waals surface area (Å²) in [6.45, 7) is -0.196. The van der Waals surface area contributed by atoms with Crippen molar-refractivity contribution in [3.05, 3.63) is 79.8 Å². The van der Waals surface area contributed by atoms with Gasteiger partial charge in [-0.2, -0.15) is 39.5 Å². The van der Waals surface area contributed by atoms with E-state index in [1.165, 1.54) is 26.4 Å². The second-order valence-corrected chi connectivity index (χ2v) is 7.96. The van der Waals surface area contributed by atoms with Gasteiger partial charge in [-0.25, -0.2) is 0 Å². The number of rotatable bonds is 6. The maximum atomic E-state index is 12.4. The number of hydrogen-bond donors (Lipinski definition) is 1. The molecule has 3 heterocycles. The van der Waals surface area contributed by atoms with E-state index in [1.807, 2.05) is 4.98 Å². The third-order valence-corrected chi connectivity index (χ3v) is 4.94. The maximum absolute atomic E-state index is 12.4. The second-order valence-electron chi connectivity index (χ2n) is 6.88. The van der Waals surface area contributed by atoms with Crippen LogP contribution in [0, 0.1) is 3.57 Å². The average molecular weight is 703 g/mol. The van der Waals surface area contributed by atoms with Crippen LogP contribution in [-0.4, -0.2) is 42.8 Å². The average Bonchev–Trinajstić information content (AvgIpc) is 2.86. The number of aromatic amines is 1. The van der Waals surface area contributed by atoms with Crippen LogP contribution >= 0.6 is 22.6 Å². The molecule has 0 fully saturated rings. The molecule has 18 heteroatoms. The van der Waals surface area contributed by atoms with Crippen molar-refractivity contribution >= 4 is 22.6 Å². The summed E-state index contributed by atoms with van der Waals surface area (Å²) in [5.74, 6) is 0.189. The molecular weight excluding hydrogens is 684 g/mol. The first-order valence-electron chi connectivity index (χ1n) is 10.2. The van der Waals surface area contributed by atoms with Crippen LogP contribution in [0.4, 0.5) is 39.5 Å². The van der Waals surface area contributed by atoms with Crippen LogP contribution in [-0.2, 0) is 28.0 Å². The molecule has 0 amide bonds. The molecule has 0 radical (unpaired) electrons. The molecule has 0 aliphatic heterocycles. The van der Waals surface area contributed by atoms with E-state index >= 15 is 0 Å². The van der Waals surface area contributed by atoms with Gasteiger partial charge in [0.05, 0.1) is 3.57 Å². The molecule has 0 aliphatic carbocycles. The molecule has 3 rings (SSSR count). The van der Waals surface area contributed by atoms with Gasteiger partial charge in [-0.05, 0) is 34.7 Å². The van der Waals surface area contributed by atoms with Crippen LogP contribution in [0.5, 0.6) is 11.5 Å². The highest BCUT2D eigenvalue weighted by molar-refractivity contribution is 14.1. The number of nitrogens with one attached hydrogen (secondary N) is 1. The quantitative estimate of drug-likeness (QED) is 0.187. The number of H-pyrrole nitrogens is 1. The summed E-state index contributed by atoms with van der Waals surface area (Å²) in [5, 5.41) is 0. The molecule has 0 aliphatic rings. The predicted octanol–water partition coefficient (Wildman–Crippen LogP) is 6.16. The lowest BCUT2D eigenvalue weighted by Crippen LogP contribution is -2.12. The molecule has 0 unspecified atom stereocenters. The summed E-state index contributed by atoms with van der Waals surface area (Å²) in [4.78, 5) is 18.8. The fourth-order valence-corrected chi connectivity index (χ4v) is 3.03. The molecule has 0 aromatic carbocycles. The van der Waals surface area contributed by atoms with Gasteiger partial charge in [0.2, 0.25) is 0 Å². The molecule has 0 spiro atoms. The maximum Gasteiger partial charge on any atom is 0.434 e. The van der Waals surface area contributed by atoms with E-state index in [9.17, 15) is 44.3 Å². The minimum Gasteiger partial charge on any atom is -0.467 e. The number of methoxy groups -OCH3 is 2. The van der Waals surface area contributed by atoms with Crippen LogP contribution in [0.25, 0.3) is 0 Å². The smallest absolute Gasteiger partial charge is 0.434 e. The lowest BCUT2D eigenvalue weighted by Gasteiger charge is -2.11. The first-order chi connectivity index (χ1) is 18.5. The van der Waals surface area contributed by atoms with E-state index in [2.05, 4.69) is 19.4 Å². The number of nitrogens with zero attached hydrogens (tertiary/aromatic N) is 2. The van der Waals surface area contributed by atoms with Gasteiger partial charge in [0.1, 0.15) is 22.9 Å². The van der Waals surface area contributed by atoms with Gasteiger partial charge < -0.3 is 23.9 Å². The first-order valence-corrected chi connectivity index (χ1v) is 11.3. The van der Waals surface area contributed by atoms with Crippen molar-refractivity contribution in [1.82, 2.24) is 15.0 Å². The minimum absolute atomic E-state index is 0.0698. The van der Waals surface area contributed by atoms with Crippen molar-refractivity contribution in [2.24, 2.45) is 0 Å². The van der Waals surface area contributed by atoms with E-state index in [4.69, 9.17) is 9.47 Å². The lowest BCUT2D eigenvalue weighted by atomic mass is 10.3. The topological polar surface area (TPSA) is 95.6 Å². The molecule has 0 atom stereocenters. The Labute approximate surface area is 233 Å². The summed E-state index contributed by atoms with van der Waals surface area (Å²) in [6, 6.07) is 5.04. The Morgan fingerprint density at radius 1 is 0.800 bits per heavy atom.